The first kappa shape index (κ1) is 9.17. The highest BCUT2D eigenvalue weighted by Crippen LogP contribution is 2.32. The highest BCUT2D eigenvalue weighted by molar-refractivity contribution is 5.05. The Kier molecular flexibility index (Phi) is 2.46. The van der Waals surface area contributed by atoms with Crippen molar-refractivity contribution in [3.05, 3.63) is 24.3 Å². The van der Waals surface area contributed by atoms with E-state index in [-0.39, 0.29) is 5.41 Å². The van der Waals surface area contributed by atoms with E-state index in [1.54, 1.807) is 12.4 Å². The molecule has 0 bridgehead atoms. The minimum absolute atomic E-state index is 0.260. The fourth-order valence-corrected chi connectivity index (χ4v) is 0.978. The summed E-state index contributed by atoms with van der Waals surface area (Å²) in [4.78, 5) is 8.34. The first-order chi connectivity index (χ1) is 5.52. The zero-order valence-electron chi connectivity index (χ0n) is 8.20. The maximum absolute atomic E-state index is 4.28. The second-order valence-corrected chi connectivity index (χ2v) is 4.22. The number of hydrogen-bond donors (Lipinski definition) is 0. The quantitative estimate of drug-likeness (QED) is 0.637. The molecular weight excluding hydrogens is 148 g/mol. The van der Waals surface area contributed by atoms with Gasteiger partial charge in [-0.05, 0) is 5.41 Å². The number of rotatable bonds is 1. The van der Waals surface area contributed by atoms with Crippen molar-refractivity contribution < 1.29 is 0 Å². The number of hydrogen-bond acceptors (Lipinski definition) is 2. The van der Waals surface area contributed by atoms with Crippen LogP contribution in [0.15, 0.2) is 18.6 Å². The largest absolute Gasteiger partial charge is 0.261 e. The Labute approximate surface area is 74.1 Å². The summed E-state index contributed by atoms with van der Waals surface area (Å²) >= 11 is 0. The highest BCUT2D eigenvalue weighted by atomic mass is 14.8. The van der Waals surface area contributed by atoms with E-state index in [1.807, 2.05) is 6.20 Å². The van der Waals surface area contributed by atoms with Gasteiger partial charge in [0.15, 0.2) is 0 Å². The van der Waals surface area contributed by atoms with Crippen LogP contribution >= 0.6 is 0 Å². The topological polar surface area (TPSA) is 25.8 Å². The van der Waals surface area contributed by atoms with Gasteiger partial charge in [-0.1, -0.05) is 27.7 Å². The second kappa shape index (κ2) is 3.21. The van der Waals surface area contributed by atoms with Gasteiger partial charge in [-0.3, -0.25) is 9.97 Å². The summed E-state index contributed by atoms with van der Waals surface area (Å²) in [5.41, 5.74) is 1.33. The van der Waals surface area contributed by atoms with Gasteiger partial charge in [-0.15, -0.1) is 0 Å². The molecule has 1 rings (SSSR count). The van der Waals surface area contributed by atoms with E-state index in [4.69, 9.17) is 0 Å². The molecule has 1 aromatic rings. The molecule has 1 heterocycles. The van der Waals surface area contributed by atoms with Gasteiger partial charge in [0.2, 0.25) is 0 Å². The summed E-state index contributed by atoms with van der Waals surface area (Å²) in [5, 5.41) is 0. The molecule has 0 fully saturated rings. The molecule has 0 aromatic carbocycles. The van der Waals surface area contributed by atoms with Crippen molar-refractivity contribution in [2.75, 3.05) is 0 Å². The highest BCUT2D eigenvalue weighted by Gasteiger charge is 2.22. The maximum Gasteiger partial charge on any atom is 0.0620 e. The van der Waals surface area contributed by atoms with Crippen molar-refractivity contribution in [2.24, 2.45) is 5.41 Å². The van der Waals surface area contributed by atoms with Gasteiger partial charge in [0.1, 0.15) is 0 Å². The molecule has 12 heavy (non-hydrogen) atoms. The standard InChI is InChI=1S/C10H16N2/c1-8(10(2,3)4)9-7-11-5-6-12-9/h5-8H,1-4H3. The van der Waals surface area contributed by atoms with Crippen LogP contribution < -0.4 is 0 Å². The van der Waals surface area contributed by atoms with Crippen LogP contribution in [0.2, 0.25) is 0 Å². The van der Waals surface area contributed by atoms with E-state index in [1.165, 1.54) is 0 Å². The molecule has 0 saturated heterocycles. The molecule has 0 radical (unpaired) electrons. The third-order valence-corrected chi connectivity index (χ3v) is 2.33. The first-order valence-electron chi connectivity index (χ1n) is 4.27. The first-order valence-corrected chi connectivity index (χ1v) is 4.27. The normalized spacial score (nSPS) is 14.3. The lowest BCUT2D eigenvalue weighted by Gasteiger charge is -2.26. The van der Waals surface area contributed by atoms with Crippen LogP contribution in [0.5, 0.6) is 0 Å². The molecule has 0 spiro atoms. The lowest BCUT2D eigenvalue weighted by atomic mass is 9.80. The number of aromatic nitrogens is 2. The van der Waals surface area contributed by atoms with E-state index < -0.39 is 0 Å². The molecule has 2 nitrogen and oxygen atoms in total. The van der Waals surface area contributed by atoms with Gasteiger partial charge in [0.05, 0.1) is 5.69 Å². The van der Waals surface area contributed by atoms with Gasteiger partial charge in [0.25, 0.3) is 0 Å². The summed E-state index contributed by atoms with van der Waals surface area (Å²) < 4.78 is 0. The van der Waals surface area contributed by atoms with Crippen molar-refractivity contribution in [1.82, 2.24) is 9.97 Å². The van der Waals surface area contributed by atoms with Crippen molar-refractivity contribution >= 4 is 0 Å². The summed E-state index contributed by atoms with van der Waals surface area (Å²) in [5.74, 6) is 0.450. The van der Waals surface area contributed by atoms with Crippen molar-refractivity contribution in [2.45, 2.75) is 33.6 Å². The Hall–Kier alpha value is -0.920. The Morgan fingerprint density at radius 3 is 2.33 bits per heavy atom. The molecule has 1 atom stereocenters. The summed E-state index contributed by atoms with van der Waals surface area (Å²) in [6.07, 6.45) is 5.30. The molecule has 1 aromatic heterocycles. The monoisotopic (exact) mass is 164 g/mol. The fourth-order valence-electron chi connectivity index (χ4n) is 0.978. The van der Waals surface area contributed by atoms with Crippen molar-refractivity contribution in [1.29, 1.82) is 0 Å². The lowest BCUT2D eigenvalue weighted by molar-refractivity contribution is 0.333. The summed E-state index contributed by atoms with van der Waals surface area (Å²) in [7, 11) is 0. The molecule has 66 valence electrons. The van der Waals surface area contributed by atoms with E-state index in [9.17, 15) is 0 Å². The molecule has 0 amide bonds. The second-order valence-electron chi connectivity index (χ2n) is 4.22. The molecule has 0 saturated carbocycles. The fraction of sp³-hybridized carbons (Fsp3) is 0.600. The Balaban J connectivity index is 2.86. The third kappa shape index (κ3) is 2.03. The van der Waals surface area contributed by atoms with Gasteiger partial charge in [-0.2, -0.15) is 0 Å². The predicted molar refractivity (Wildman–Crippen MR) is 49.9 cm³/mol. The Morgan fingerprint density at radius 2 is 1.92 bits per heavy atom. The van der Waals surface area contributed by atoms with Crippen LogP contribution in [-0.4, -0.2) is 9.97 Å². The number of nitrogens with zero attached hydrogens (tertiary/aromatic N) is 2. The van der Waals surface area contributed by atoms with Crippen LogP contribution in [0.3, 0.4) is 0 Å². The molecule has 0 aliphatic carbocycles. The van der Waals surface area contributed by atoms with Crippen LogP contribution in [0.25, 0.3) is 0 Å². The summed E-state index contributed by atoms with van der Waals surface area (Å²) in [6.45, 7) is 8.83. The van der Waals surface area contributed by atoms with E-state index >= 15 is 0 Å². The van der Waals surface area contributed by atoms with Crippen molar-refractivity contribution in [3.8, 4) is 0 Å². The molecule has 0 aliphatic heterocycles. The van der Waals surface area contributed by atoms with Crippen LogP contribution in [-0.2, 0) is 0 Å². The van der Waals surface area contributed by atoms with Crippen LogP contribution in [0.4, 0.5) is 0 Å². The molecule has 0 N–H and O–H groups in total. The minimum Gasteiger partial charge on any atom is -0.261 e. The molecular formula is C10H16N2. The molecule has 2 heteroatoms. The zero-order valence-corrected chi connectivity index (χ0v) is 8.20. The zero-order chi connectivity index (χ0) is 9.19. The Morgan fingerprint density at radius 1 is 1.25 bits per heavy atom. The molecule has 0 aliphatic rings. The lowest BCUT2D eigenvalue weighted by Crippen LogP contribution is -2.16. The minimum atomic E-state index is 0.260. The summed E-state index contributed by atoms with van der Waals surface area (Å²) in [6, 6.07) is 0. The average molecular weight is 164 g/mol. The van der Waals surface area contributed by atoms with Gasteiger partial charge in [-0.25, -0.2) is 0 Å². The van der Waals surface area contributed by atoms with E-state index in [2.05, 4.69) is 37.7 Å². The van der Waals surface area contributed by atoms with Crippen LogP contribution in [0.1, 0.15) is 39.3 Å². The molecule has 1 unspecified atom stereocenters. The van der Waals surface area contributed by atoms with E-state index in [0.717, 1.165) is 5.69 Å². The van der Waals surface area contributed by atoms with Gasteiger partial charge in [0, 0.05) is 24.5 Å². The van der Waals surface area contributed by atoms with E-state index in [0.29, 0.717) is 5.92 Å². The van der Waals surface area contributed by atoms with Gasteiger partial charge < -0.3 is 0 Å². The average Bonchev–Trinajstić information content (AvgIpc) is 2.03. The van der Waals surface area contributed by atoms with Gasteiger partial charge >= 0.3 is 0 Å². The SMILES string of the molecule is CC(c1cnccn1)C(C)(C)C. The van der Waals surface area contributed by atoms with Crippen molar-refractivity contribution in [3.63, 3.8) is 0 Å². The van der Waals surface area contributed by atoms with Crippen LogP contribution in [0, 0.1) is 5.41 Å². The maximum atomic E-state index is 4.28. The smallest absolute Gasteiger partial charge is 0.0620 e. The predicted octanol–water partition coefficient (Wildman–Crippen LogP) is 2.63. The Bertz CT molecular complexity index is 236. The third-order valence-electron chi connectivity index (χ3n) is 2.33.